The lowest BCUT2D eigenvalue weighted by atomic mass is 10.0. The highest BCUT2D eigenvalue weighted by atomic mass is 16.5. The molecule has 2 atom stereocenters. The molecule has 3 N–H and O–H groups in total. The maximum Gasteiger partial charge on any atom is 0.328 e. The molecule has 0 heterocycles. The minimum absolute atomic E-state index is 0.226. The van der Waals surface area contributed by atoms with Gasteiger partial charge in [-0.1, -0.05) is 36.4 Å². The largest absolute Gasteiger partial charge is 0.496 e. The van der Waals surface area contributed by atoms with Crippen molar-refractivity contribution in [1.82, 2.24) is 5.32 Å². The molecule has 0 aliphatic rings. The molecule has 0 bridgehead atoms. The first-order chi connectivity index (χ1) is 13.5. The predicted molar refractivity (Wildman–Crippen MR) is 105 cm³/mol. The summed E-state index contributed by atoms with van der Waals surface area (Å²) in [6, 6.07) is 12.9. The summed E-state index contributed by atoms with van der Waals surface area (Å²) < 4.78 is 15.4. The van der Waals surface area contributed by atoms with Crippen LogP contribution in [-0.2, 0) is 27.2 Å². The molecule has 0 aliphatic heterocycles. The van der Waals surface area contributed by atoms with Crippen molar-refractivity contribution in [3.63, 3.8) is 0 Å². The number of hydrogen-bond donors (Lipinski definition) is 2. The van der Waals surface area contributed by atoms with E-state index in [1.165, 1.54) is 7.11 Å². The summed E-state index contributed by atoms with van der Waals surface area (Å²) in [6.07, 6.45) is 0.502. The zero-order valence-corrected chi connectivity index (χ0v) is 16.3. The topological polar surface area (TPSA) is 99.9 Å². The number of carbonyl (C=O) groups is 2. The Morgan fingerprint density at radius 1 is 0.893 bits per heavy atom. The van der Waals surface area contributed by atoms with E-state index in [-0.39, 0.29) is 12.8 Å². The maximum atomic E-state index is 12.6. The smallest absolute Gasteiger partial charge is 0.328 e. The molecule has 0 spiro atoms. The molecule has 0 aliphatic carbocycles. The van der Waals surface area contributed by atoms with Crippen molar-refractivity contribution in [3.05, 3.63) is 59.7 Å². The first kappa shape index (κ1) is 21.2. The third-order valence-electron chi connectivity index (χ3n) is 4.39. The van der Waals surface area contributed by atoms with Crippen molar-refractivity contribution in [2.75, 3.05) is 21.3 Å². The van der Waals surface area contributed by atoms with E-state index >= 15 is 0 Å². The van der Waals surface area contributed by atoms with E-state index in [0.717, 1.165) is 11.1 Å². The lowest BCUT2D eigenvalue weighted by Gasteiger charge is -2.20. The number of hydrogen-bond acceptors (Lipinski definition) is 6. The third-order valence-corrected chi connectivity index (χ3v) is 4.39. The van der Waals surface area contributed by atoms with Crippen LogP contribution >= 0.6 is 0 Å². The van der Waals surface area contributed by atoms with Gasteiger partial charge in [0.1, 0.15) is 17.5 Å². The van der Waals surface area contributed by atoms with Crippen LogP contribution in [0.1, 0.15) is 11.1 Å². The third kappa shape index (κ3) is 5.47. The molecule has 0 saturated heterocycles. The van der Waals surface area contributed by atoms with Crippen molar-refractivity contribution in [3.8, 4) is 11.5 Å². The number of ether oxygens (including phenoxy) is 3. The number of esters is 1. The van der Waals surface area contributed by atoms with Crippen LogP contribution in [-0.4, -0.2) is 45.3 Å². The Kier molecular flexibility index (Phi) is 7.83. The zero-order valence-electron chi connectivity index (χ0n) is 16.3. The Morgan fingerprint density at radius 3 is 1.89 bits per heavy atom. The van der Waals surface area contributed by atoms with Gasteiger partial charge in [0.25, 0.3) is 0 Å². The summed E-state index contributed by atoms with van der Waals surface area (Å²) in [5, 5.41) is 2.69. The standard InChI is InChI=1S/C21H26N2O5/c1-26-18-10-6-4-8-14(18)12-16(22)20(24)23-17(21(25)28-3)13-15-9-5-7-11-19(15)27-2/h4-11,16-17H,12-13,22H2,1-3H3,(H,23,24)/t16-,17-/m0/s1. The molecule has 1 amide bonds. The van der Waals surface area contributed by atoms with Gasteiger partial charge in [0.05, 0.1) is 27.4 Å². The molecule has 0 radical (unpaired) electrons. The average Bonchev–Trinajstić information content (AvgIpc) is 2.73. The second kappa shape index (κ2) is 10.3. The van der Waals surface area contributed by atoms with Gasteiger partial charge in [0.15, 0.2) is 0 Å². The molecule has 7 heteroatoms. The lowest BCUT2D eigenvalue weighted by Crippen LogP contribution is -2.50. The molecule has 7 nitrogen and oxygen atoms in total. The highest BCUT2D eigenvalue weighted by molar-refractivity contribution is 5.87. The van der Waals surface area contributed by atoms with E-state index in [2.05, 4.69) is 5.32 Å². The first-order valence-corrected chi connectivity index (χ1v) is 8.87. The normalized spacial score (nSPS) is 12.6. The van der Waals surface area contributed by atoms with Crippen LogP contribution in [0, 0.1) is 0 Å². The van der Waals surface area contributed by atoms with E-state index in [1.807, 2.05) is 36.4 Å². The van der Waals surface area contributed by atoms with Gasteiger partial charge in [-0.3, -0.25) is 4.79 Å². The number of nitrogens with one attached hydrogen (secondary N) is 1. The molecule has 0 unspecified atom stereocenters. The van der Waals surface area contributed by atoms with Gasteiger partial charge in [-0.25, -0.2) is 4.79 Å². The van der Waals surface area contributed by atoms with E-state index in [9.17, 15) is 9.59 Å². The Balaban J connectivity index is 2.10. The summed E-state index contributed by atoms with van der Waals surface area (Å²) in [5.41, 5.74) is 7.66. The van der Waals surface area contributed by atoms with Gasteiger partial charge in [-0.2, -0.15) is 0 Å². The van der Waals surface area contributed by atoms with Gasteiger partial charge in [0.2, 0.25) is 5.91 Å². The first-order valence-electron chi connectivity index (χ1n) is 8.87. The minimum atomic E-state index is -0.877. The van der Waals surface area contributed by atoms with Crippen LogP contribution < -0.4 is 20.5 Å². The second-order valence-corrected chi connectivity index (χ2v) is 6.22. The van der Waals surface area contributed by atoms with E-state index < -0.39 is 24.0 Å². The average molecular weight is 386 g/mol. The number of amides is 1. The van der Waals surface area contributed by atoms with Gasteiger partial charge in [-0.05, 0) is 23.3 Å². The summed E-state index contributed by atoms with van der Waals surface area (Å²) in [6.45, 7) is 0. The quantitative estimate of drug-likeness (QED) is 0.633. The van der Waals surface area contributed by atoms with Gasteiger partial charge >= 0.3 is 5.97 Å². The van der Waals surface area contributed by atoms with Gasteiger partial charge in [0, 0.05) is 12.8 Å². The van der Waals surface area contributed by atoms with Crippen LogP contribution in [0.15, 0.2) is 48.5 Å². The van der Waals surface area contributed by atoms with Gasteiger partial charge in [-0.15, -0.1) is 0 Å². The van der Waals surface area contributed by atoms with Crippen molar-refractivity contribution >= 4 is 11.9 Å². The van der Waals surface area contributed by atoms with E-state index in [0.29, 0.717) is 11.5 Å². The van der Waals surface area contributed by atoms with Crippen molar-refractivity contribution in [2.45, 2.75) is 24.9 Å². The molecular weight excluding hydrogens is 360 g/mol. The van der Waals surface area contributed by atoms with Crippen molar-refractivity contribution < 1.29 is 23.8 Å². The highest BCUT2D eigenvalue weighted by Gasteiger charge is 2.26. The zero-order chi connectivity index (χ0) is 20.5. The molecule has 0 fully saturated rings. The molecule has 28 heavy (non-hydrogen) atoms. The minimum Gasteiger partial charge on any atom is -0.496 e. The Hall–Kier alpha value is -3.06. The van der Waals surface area contributed by atoms with Crippen LogP contribution in [0.5, 0.6) is 11.5 Å². The monoisotopic (exact) mass is 386 g/mol. The number of rotatable bonds is 9. The van der Waals surface area contributed by atoms with Crippen LogP contribution in [0.2, 0.25) is 0 Å². The molecular formula is C21H26N2O5. The van der Waals surface area contributed by atoms with Crippen molar-refractivity contribution in [2.24, 2.45) is 5.73 Å². The number of para-hydroxylation sites is 2. The summed E-state index contributed by atoms with van der Waals surface area (Å²) in [4.78, 5) is 24.8. The van der Waals surface area contributed by atoms with Crippen LogP contribution in [0.4, 0.5) is 0 Å². The van der Waals surface area contributed by atoms with E-state index in [1.54, 1.807) is 26.4 Å². The van der Waals surface area contributed by atoms with Crippen LogP contribution in [0.25, 0.3) is 0 Å². The van der Waals surface area contributed by atoms with Crippen LogP contribution in [0.3, 0.4) is 0 Å². The number of carbonyl (C=O) groups excluding carboxylic acids is 2. The maximum absolute atomic E-state index is 12.6. The highest BCUT2D eigenvalue weighted by Crippen LogP contribution is 2.20. The SMILES string of the molecule is COC(=O)[C@H](Cc1ccccc1OC)NC(=O)[C@@H](N)Cc1ccccc1OC. The fourth-order valence-electron chi connectivity index (χ4n) is 2.91. The molecule has 2 rings (SSSR count). The number of methoxy groups -OCH3 is 3. The Labute approximate surface area is 164 Å². The van der Waals surface area contributed by atoms with Crippen molar-refractivity contribution in [1.29, 1.82) is 0 Å². The predicted octanol–water partition coefficient (Wildman–Crippen LogP) is 1.47. The molecule has 0 aromatic heterocycles. The number of nitrogens with two attached hydrogens (primary N) is 1. The summed E-state index contributed by atoms with van der Waals surface area (Å²) in [7, 11) is 4.39. The Morgan fingerprint density at radius 2 is 1.39 bits per heavy atom. The molecule has 150 valence electrons. The number of benzene rings is 2. The summed E-state index contributed by atoms with van der Waals surface area (Å²) in [5.74, 6) is 0.285. The fourth-order valence-corrected chi connectivity index (χ4v) is 2.91. The van der Waals surface area contributed by atoms with Gasteiger partial charge < -0.3 is 25.3 Å². The molecule has 0 saturated carbocycles. The lowest BCUT2D eigenvalue weighted by molar-refractivity contribution is -0.145. The Bertz CT molecular complexity index is 809. The van der Waals surface area contributed by atoms with E-state index in [4.69, 9.17) is 19.9 Å². The summed E-state index contributed by atoms with van der Waals surface area (Å²) >= 11 is 0. The molecule has 2 aromatic carbocycles. The second-order valence-electron chi connectivity index (χ2n) is 6.22. The fraction of sp³-hybridized carbons (Fsp3) is 0.333. The molecule has 2 aromatic rings.